The second-order valence-electron chi connectivity index (χ2n) is 6.28. The fraction of sp³-hybridized carbons (Fsp3) is 0.412. The standard InChI is InChI=1S/C17H22N4O4/c1-11(2)21-16(24)15(23)20(17(21)25)10-14(22)18-9-12-5-7-13(8-6-12)19(3)4/h5-8,11H,9-10H2,1-4H3,(H,18,22). The summed E-state index contributed by atoms with van der Waals surface area (Å²) in [6.07, 6.45) is 0. The number of urea groups is 1. The first-order chi connectivity index (χ1) is 11.7. The van der Waals surface area contributed by atoms with Gasteiger partial charge in [-0.05, 0) is 31.5 Å². The number of anilines is 1. The normalized spacial score (nSPS) is 14.5. The molecule has 1 heterocycles. The number of benzene rings is 1. The lowest BCUT2D eigenvalue weighted by Crippen LogP contribution is -2.42. The Morgan fingerprint density at radius 1 is 1.08 bits per heavy atom. The number of carbonyl (C=O) groups excluding carboxylic acids is 4. The number of amides is 5. The van der Waals surface area contributed by atoms with Gasteiger partial charge in [0, 0.05) is 32.4 Å². The number of hydrogen-bond donors (Lipinski definition) is 1. The maximum atomic E-state index is 12.1. The van der Waals surface area contributed by atoms with Crippen LogP contribution in [0.2, 0.25) is 0 Å². The van der Waals surface area contributed by atoms with Gasteiger partial charge in [0.25, 0.3) is 0 Å². The third-order valence-corrected chi connectivity index (χ3v) is 3.84. The Hall–Kier alpha value is -2.90. The second-order valence-corrected chi connectivity index (χ2v) is 6.28. The van der Waals surface area contributed by atoms with Crippen LogP contribution in [0.1, 0.15) is 19.4 Å². The van der Waals surface area contributed by atoms with Crippen LogP contribution in [-0.2, 0) is 20.9 Å². The average Bonchev–Trinajstić information content (AvgIpc) is 2.77. The zero-order valence-electron chi connectivity index (χ0n) is 14.8. The van der Waals surface area contributed by atoms with Gasteiger partial charge in [-0.3, -0.25) is 19.3 Å². The van der Waals surface area contributed by atoms with Crippen molar-refractivity contribution in [2.45, 2.75) is 26.4 Å². The average molecular weight is 346 g/mol. The van der Waals surface area contributed by atoms with Crippen LogP contribution in [0, 0.1) is 0 Å². The Balaban J connectivity index is 1.93. The molecule has 1 aliphatic heterocycles. The molecule has 0 radical (unpaired) electrons. The van der Waals surface area contributed by atoms with Crippen molar-refractivity contribution < 1.29 is 19.2 Å². The predicted molar refractivity (Wildman–Crippen MR) is 91.7 cm³/mol. The summed E-state index contributed by atoms with van der Waals surface area (Å²) in [6.45, 7) is 3.06. The van der Waals surface area contributed by atoms with E-state index in [2.05, 4.69) is 5.32 Å². The van der Waals surface area contributed by atoms with Crippen molar-refractivity contribution in [3.8, 4) is 0 Å². The first-order valence-electron chi connectivity index (χ1n) is 7.94. The van der Waals surface area contributed by atoms with Crippen LogP contribution in [0.25, 0.3) is 0 Å². The summed E-state index contributed by atoms with van der Waals surface area (Å²) in [5.41, 5.74) is 1.92. The van der Waals surface area contributed by atoms with Crippen LogP contribution in [0.5, 0.6) is 0 Å². The van der Waals surface area contributed by atoms with Crippen molar-refractivity contribution in [2.75, 3.05) is 25.5 Å². The molecular formula is C17H22N4O4. The maximum absolute atomic E-state index is 12.1. The molecule has 0 atom stereocenters. The summed E-state index contributed by atoms with van der Waals surface area (Å²) in [5, 5.41) is 2.65. The van der Waals surface area contributed by atoms with E-state index in [-0.39, 0.29) is 6.54 Å². The Labute approximate surface area is 146 Å². The van der Waals surface area contributed by atoms with E-state index in [4.69, 9.17) is 0 Å². The van der Waals surface area contributed by atoms with Crippen molar-refractivity contribution in [3.63, 3.8) is 0 Å². The Kier molecular flexibility index (Phi) is 5.41. The van der Waals surface area contributed by atoms with Crippen LogP contribution in [0.15, 0.2) is 24.3 Å². The molecule has 2 rings (SSSR count). The third kappa shape index (κ3) is 3.96. The predicted octanol–water partition coefficient (Wildman–Crippen LogP) is 0.568. The largest absolute Gasteiger partial charge is 0.378 e. The molecule has 5 amide bonds. The fourth-order valence-electron chi connectivity index (χ4n) is 2.43. The number of nitrogens with zero attached hydrogens (tertiary/aromatic N) is 3. The van der Waals surface area contributed by atoms with Crippen LogP contribution in [-0.4, -0.2) is 60.2 Å². The first kappa shape index (κ1) is 18.4. The van der Waals surface area contributed by atoms with Crippen molar-refractivity contribution >= 4 is 29.4 Å². The molecule has 134 valence electrons. The highest BCUT2D eigenvalue weighted by molar-refractivity contribution is 6.45. The second kappa shape index (κ2) is 7.33. The van der Waals surface area contributed by atoms with E-state index in [1.807, 2.05) is 43.3 Å². The molecule has 1 saturated heterocycles. The van der Waals surface area contributed by atoms with Gasteiger partial charge in [0.2, 0.25) is 5.91 Å². The summed E-state index contributed by atoms with van der Waals surface area (Å²) in [5.74, 6) is -2.37. The molecule has 1 N–H and O–H groups in total. The molecule has 1 aliphatic rings. The van der Waals surface area contributed by atoms with Crippen LogP contribution in [0.4, 0.5) is 10.5 Å². The highest BCUT2D eigenvalue weighted by atomic mass is 16.2. The lowest BCUT2D eigenvalue weighted by molar-refractivity contribution is -0.144. The number of nitrogens with one attached hydrogen (secondary N) is 1. The van der Waals surface area contributed by atoms with Gasteiger partial charge in [0.15, 0.2) is 0 Å². The fourth-order valence-corrected chi connectivity index (χ4v) is 2.43. The van der Waals surface area contributed by atoms with Gasteiger partial charge < -0.3 is 10.2 Å². The molecule has 0 unspecified atom stereocenters. The van der Waals surface area contributed by atoms with Crippen LogP contribution < -0.4 is 10.2 Å². The summed E-state index contributed by atoms with van der Waals surface area (Å²) in [4.78, 5) is 51.3. The van der Waals surface area contributed by atoms with Gasteiger partial charge in [-0.1, -0.05) is 12.1 Å². The number of imide groups is 2. The molecule has 8 nitrogen and oxygen atoms in total. The van der Waals surface area contributed by atoms with Gasteiger partial charge >= 0.3 is 17.8 Å². The van der Waals surface area contributed by atoms with E-state index in [1.54, 1.807) is 13.8 Å². The number of carbonyl (C=O) groups is 4. The quantitative estimate of drug-likeness (QED) is 0.601. The minimum Gasteiger partial charge on any atom is -0.378 e. The monoisotopic (exact) mass is 346 g/mol. The summed E-state index contributed by atoms with van der Waals surface area (Å²) >= 11 is 0. The Morgan fingerprint density at radius 2 is 1.68 bits per heavy atom. The van der Waals surface area contributed by atoms with E-state index in [1.165, 1.54) is 0 Å². The van der Waals surface area contributed by atoms with Crippen molar-refractivity contribution in [3.05, 3.63) is 29.8 Å². The van der Waals surface area contributed by atoms with Crippen LogP contribution in [0.3, 0.4) is 0 Å². The third-order valence-electron chi connectivity index (χ3n) is 3.84. The van der Waals surface area contributed by atoms with Gasteiger partial charge in [-0.2, -0.15) is 0 Å². The molecule has 0 aromatic heterocycles. The van der Waals surface area contributed by atoms with Crippen molar-refractivity contribution in [1.29, 1.82) is 0 Å². The van der Waals surface area contributed by atoms with E-state index in [0.29, 0.717) is 4.90 Å². The molecule has 8 heteroatoms. The maximum Gasteiger partial charge on any atom is 0.334 e. The lowest BCUT2D eigenvalue weighted by Gasteiger charge is -2.18. The molecule has 0 spiro atoms. The Morgan fingerprint density at radius 3 is 2.16 bits per heavy atom. The zero-order chi connectivity index (χ0) is 18.7. The van der Waals surface area contributed by atoms with E-state index >= 15 is 0 Å². The van der Waals surface area contributed by atoms with Gasteiger partial charge in [-0.25, -0.2) is 9.69 Å². The smallest absolute Gasteiger partial charge is 0.334 e. The van der Waals surface area contributed by atoms with E-state index in [0.717, 1.165) is 16.2 Å². The van der Waals surface area contributed by atoms with Crippen molar-refractivity contribution in [1.82, 2.24) is 15.1 Å². The SMILES string of the molecule is CC(C)N1C(=O)C(=O)N(CC(=O)NCc2ccc(N(C)C)cc2)C1=O. The zero-order valence-corrected chi connectivity index (χ0v) is 14.8. The first-order valence-corrected chi connectivity index (χ1v) is 7.94. The minimum atomic E-state index is -0.968. The van der Waals surface area contributed by atoms with Crippen molar-refractivity contribution in [2.24, 2.45) is 0 Å². The highest BCUT2D eigenvalue weighted by Crippen LogP contribution is 2.15. The molecule has 1 fully saturated rings. The highest BCUT2D eigenvalue weighted by Gasteiger charge is 2.46. The Bertz CT molecular complexity index is 697. The van der Waals surface area contributed by atoms with Gasteiger partial charge in [0.05, 0.1) is 0 Å². The molecule has 1 aromatic rings. The number of rotatable bonds is 6. The summed E-state index contributed by atoms with van der Waals surface area (Å²) < 4.78 is 0. The molecule has 1 aromatic carbocycles. The van der Waals surface area contributed by atoms with Crippen LogP contribution >= 0.6 is 0 Å². The van der Waals surface area contributed by atoms with Gasteiger partial charge in [0.1, 0.15) is 6.54 Å². The number of hydrogen-bond acceptors (Lipinski definition) is 5. The molecule has 0 saturated carbocycles. The summed E-state index contributed by atoms with van der Waals surface area (Å²) in [7, 11) is 3.87. The molecule has 0 aliphatic carbocycles. The van der Waals surface area contributed by atoms with Gasteiger partial charge in [-0.15, -0.1) is 0 Å². The summed E-state index contributed by atoms with van der Waals surface area (Å²) in [6, 6.07) is 6.42. The minimum absolute atomic E-state index is 0.268. The molecular weight excluding hydrogens is 324 g/mol. The van der Waals surface area contributed by atoms with E-state index in [9.17, 15) is 19.2 Å². The lowest BCUT2D eigenvalue weighted by atomic mass is 10.2. The molecule has 25 heavy (non-hydrogen) atoms. The molecule has 0 bridgehead atoms. The van der Waals surface area contributed by atoms with E-state index < -0.39 is 36.3 Å². The topological polar surface area (TPSA) is 90.0 Å².